The summed E-state index contributed by atoms with van der Waals surface area (Å²) in [5.74, 6) is -4.43. The quantitative estimate of drug-likeness (QED) is 0.125. The second-order valence-electron chi connectivity index (χ2n) is 9.86. The zero-order valence-electron chi connectivity index (χ0n) is 27.2. The van der Waals surface area contributed by atoms with Crippen LogP contribution in [0, 0.1) is 11.8 Å². The highest BCUT2D eigenvalue weighted by molar-refractivity contribution is 6.04. The molecule has 0 bridgehead atoms. The van der Waals surface area contributed by atoms with E-state index in [0.717, 1.165) is 9.80 Å². The van der Waals surface area contributed by atoms with E-state index in [4.69, 9.17) is 0 Å². The SMILES string of the molecule is CC.CC.CC1CC(=O)N(CCCC(=O)NCC(=O)NCC(=O)NCC(=O)NCCC(=O)NCCN2C(=O)CC(C)C2=O)C1=O. The van der Waals surface area contributed by atoms with E-state index in [1.54, 1.807) is 13.8 Å². The maximum atomic E-state index is 11.9. The number of amides is 9. The van der Waals surface area contributed by atoms with Crippen LogP contribution in [0.5, 0.6) is 0 Å². The van der Waals surface area contributed by atoms with Gasteiger partial charge in [-0.25, -0.2) is 0 Å². The molecule has 0 aromatic carbocycles. The van der Waals surface area contributed by atoms with Crippen LogP contribution in [0.1, 0.15) is 73.6 Å². The van der Waals surface area contributed by atoms with Gasteiger partial charge >= 0.3 is 0 Å². The molecule has 2 heterocycles. The van der Waals surface area contributed by atoms with Crippen LogP contribution >= 0.6 is 0 Å². The molecule has 5 N–H and O–H groups in total. The lowest BCUT2D eigenvalue weighted by Gasteiger charge is -2.14. The smallest absolute Gasteiger partial charge is 0.239 e. The maximum absolute atomic E-state index is 11.9. The van der Waals surface area contributed by atoms with Crippen molar-refractivity contribution in [3.63, 3.8) is 0 Å². The van der Waals surface area contributed by atoms with Crippen LogP contribution in [-0.4, -0.2) is 109 Å². The van der Waals surface area contributed by atoms with Gasteiger partial charge in [-0.2, -0.15) is 0 Å². The molecule has 0 spiro atoms. The Morgan fingerprint density at radius 2 is 0.933 bits per heavy atom. The number of likely N-dealkylation sites (tertiary alicyclic amines) is 2. The number of carbonyl (C=O) groups excluding carboxylic acids is 9. The molecule has 2 saturated heterocycles. The lowest BCUT2D eigenvalue weighted by molar-refractivity contribution is -0.140. The van der Waals surface area contributed by atoms with Gasteiger partial charge in [-0.15, -0.1) is 0 Å². The highest BCUT2D eigenvalue weighted by atomic mass is 16.2. The number of nitrogens with zero attached hydrogens (tertiary/aromatic N) is 2. The molecule has 0 aromatic heterocycles. The number of carbonyl (C=O) groups is 9. The van der Waals surface area contributed by atoms with Gasteiger partial charge in [0.15, 0.2) is 0 Å². The van der Waals surface area contributed by atoms with Crippen LogP contribution in [-0.2, 0) is 43.2 Å². The van der Waals surface area contributed by atoms with Crippen LogP contribution in [0.15, 0.2) is 0 Å². The number of imide groups is 2. The van der Waals surface area contributed by atoms with Crippen molar-refractivity contribution < 1.29 is 43.2 Å². The summed E-state index contributed by atoms with van der Waals surface area (Å²) in [6.45, 7) is 10.5. The van der Waals surface area contributed by atoms with E-state index in [9.17, 15) is 43.2 Å². The maximum Gasteiger partial charge on any atom is 0.239 e. The fourth-order valence-electron chi connectivity index (χ4n) is 4.09. The van der Waals surface area contributed by atoms with Crippen molar-refractivity contribution in [2.75, 3.05) is 45.8 Å². The van der Waals surface area contributed by atoms with Crippen LogP contribution in [0.3, 0.4) is 0 Å². The van der Waals surface area contributed by atoms with Crippen molar-refractivity contribution >= 4 is 53.2 Å². The van der Waals surface area contributed by atoms with Crippen molar-refractivity contribution in [1.82, 2.24) is 36.4 Å². The van der Waals surface area contributed by atoms with E-state index in [2.05, 4.69) is 26.6 Å². The van der Waals surface area contributed by atoms with Crippen molar-refractivity contribution in [3.8, 4) is 0 Å². The average Bonchev–Trinajstić information content (AvgIpc) is 3.41. The van der Waals surface area contributed by atoms with Crippen LogP contribution in [0.2, 0.25) is 0 Å². The Labute approximate surface area is 264 Å². The van der Waals surface area contributed by atoms with E-state index in [1.807, 2.05) is 27.7 Å². The van der Waals surface area contributed by atoms with Gasteiger partial charge in [0, 0.05) is 63.7 Å². The van der Waals surface area contributed by atoms with E-state index in [1.165, 1.54) is 0 Å². The standard InChI is InChI=1S/C25H37N7O9.2C2H6/c1-15-10-22(38)31(24(15)40)8-3-4-17(33)28-13-20(36)30-14-21(37)29-12-19(35)26-6-5-18(34)27-7-9-32-23(39)11-16(2)25(32)41;2*1-2/h15-16H,3-14H2,1-2H3,(H,26,35)(H,27,34)(H,28,33)(H,29,37)(H,30,36);2*1-2H3. The first kappa shape index (κ1) is 40.6. The van der Waals surface area contributed by atoms with Gasteiger partial charge in [-0.1, -0.05) is 41.5 Å². The van der Waals surface area contributed by atoms with Crippen LogP contribution in [0.4, 0.5) is 0 Å². The zero-order valence-corrected chi connectivity index (χ0v) is 27.2. The number of hydrogen-bond donors (Lipinski definition) is 5. The normalized spacial score (nSPS) is 17.0. The summed E-state index contributed by atoms with van der Waals surface area (Å²) in [6.07, 6.45) is 0.548. The monoisotopic (exact) mass is 639 g/mol. The molecule has 2 fully saturated rings. The van der Waals surface area contributed by atoms with Gasteiger partial charge in [0.05, 0.1) is 19.6 Å². The Bertz CT molecular complexity index is 1080. The average molecular weight is 640 g/mol. The first-order chi connectivity index (χ1) is 21.4. The van der Waals surface area contributed by atoms with Gasteiger partial charge in [0.1, 0.15) is 0 Å². The third kappa shape index (κ3) is 15.3. The van der Waals surface area contributed by atoms with Crippen molar-refractivity contribution in [3.05, 3.63) is 0 Å². The predicted molar refractivity (Wildman–Crippen MR) is 163 cm³/mol. The molecular weight excluding hydrogens is 590 g/mol. The minimum atomic E-state index is -0.646. The largest absolute Gasteiger partial charge is 0.354 e. The van der Waals surface area contributed by atoms with Crippen molar-refractivity contribution in [1.29, 1.82) is 0 Å². The Morgan fingerprint density at radius 3 is 1.38 bits per heavy atom. The Balaban J connectivity index is 0.00000464. The van der Waals surface area contributed by atoms with E-state index in [-0.39, 0.29) is 113 Å². The molecule has 0 aliphatic carbocycles. The molecule has 2 aliphatic rings. The Morgan fingerprint density at radius 1 is 0.556 bits per heavy atom. The fraction of sp³-hybridized carbons (Fsp3) is 0.690. The molecule has 2 rings (SSSR count). The first-order valence-electron chi connectivity index (χ1n) is 15.4. The molecule has 45 heavy (non-hydrogen) atoms. The van der Waals surface area contributed by atoms with Gasteiger partial charge < -0.3 is 26.6 Å². The molecule has 16 heteroatoms. The minimum absolute atomic E-state index is 0.000645. The summed E-state index contributed by atoms with van der Waals surface area (Å²) in [6, 6.07) is 0. The summed E-state index contributed by atoms with van der Waals surface area (Å²) in [5.41, 5.74) is 0. The van der Waals surface area contributed by atoms with E-state index < -0.39 is 30.2 Å². The van der Waals surface area contributed by atoms with Crippen LogP contribution < -0.4 is 26.6 Å². The predicted octanol–water partition coefficient (Wildman–Crippen LogP) is -1.42. The summed E-state index contributed by atoms with van der Waals surface area (Å²) < 4.78 is 0. The number of nitrogens with one attached hydrogen (secondary N) is 5. The first-order valence-corrected chi connectivity index (χ1v) is 15.4. The fourth-order valence-corrected chi connectivity index (χ4v) is 4.09. The van der Waals surface area contributed by atoms with E-state index in [0.29, 0.717) is 0 Å². The molecule has 2 atom stereocenters. The Hall–Kier alpha value is -4.37. The molecule has 254 valence electrons. The molecule has 0 saturated carbocycles. The van der Waals surface area contributed by atoms with Crippen molar-refractivity contribution in [2.24, 2.45) is 11.8 Å². The molecule has 0 radical (unpaired) electrons. The lowest BCUT2D eigenvalue weighted by Crippen LogP contribution is -2.44. The van der Waals surface area contributed by atoms with Gasteiger partial charge in [0.2, 0.25) is 53.2 Å². The summed E-state index contributed by atoms with van der Waals surface area (Å²) in [7, 11) is 0. The molecule has 2 aliphatic heterocycles. The van der Waals surface area contributed by atoms with Crippen molar-refractivity contribution in [2.45, 2.75) is 73.6 Å². The minimum Gasteiger partial charge on any atom is -0.354 e. The second-order valence-corrected chi connectivity index (χ2v) is 9.86. The molecular formula is C29H49N7O9. The summed E-state index contributed by atoms with van der Waals surface area (Å²) in [5, 5.41) is 12.0. The highest BCUT2D eigenvalue weighted by Crippen LogP contribution is 2.19. The molecule has 9 amide bonds. The third-order valence-electron chi connectivity index (χ3n) is 6.39. The van der Waals surface area contributed by atoms with Crippen LogP contribution in [0.25, 0.3) is 0 Å². The number of hydrogen-bond acceptors (Lipinski definition) is 9. The van der Waals surface area contributed by atoms with Gasteiger partial charge in [0.25, 0.3) is 0 Å². The molecule has 0 aromatic rings. The second kappa shape index (κ2) is 22.2. The van der Waals surface area contributed by atoms with E-state index >= 15 is 0 Å². The lowest BCUT2D eigenvalue weighted by atomic mass is 10.1. The zero-order chi connectivity index (χ0) is 34.5. The van der Waals surface area contributed by atoms with Gasteiger partial charge in [-0.3, -0.25) is 53.0 Å². The topological polar surface area (TPSA) is 220 Å². The van der Waals surface area contributed by atoms with Gasteiger partial charge in [-0.05, 0) is 6.42 Å². The molecule has 2 unspecified atom stereocenters. The highest BCUT2D eigenvalue weighted by Gasteiger charge is 2.35. The number of rotatable bonds is 16. The Kier molecular flexibility index (Phi) is 20.0. The molecule has 16 nitrogen and oxygen atoms in total. The summed E-state index contributed by atoms with van der Waals surface area (Å²) in [4.78, 5) is 109. The summed E-state index contributed by atoms with van der Waals surface area (Å²) >= 11 is 0. The third-order valence-corrected chi connectivity index (χ3v) is 6.39.